The first-order chi connectivity index (χ1) is 36.7. The van der Waals surface area contributed by atoms with Crippen molar-refractivity contribution in [2.24, 2.45) is 0 Å². The van der Waals surface area contributed by atoms with Crippen molar-refractivity contribution < 1.29 is 4.42 Å². The maximum atomic E-state index is 6.61. The topological polar surface area (TPSA) is 51.8 Å². The third kappa shape index (κ3) is 7.26. The molecule has 74 heavy (non-hydrogen) atoms. The molecule has 0 bridgehead atoms. The van der Waals surface area contributed by atoms with Crippen LogP contribution < -0.4 is 0 Å². The maximum absolute atomic E-state index is 6.61. The van der Waals surface area contributed by atoms with Crippen LogP contribution >= 0.6 is 0 Å². The lowest BCUT2D eigenvalue weighted by Crippen LogP contribution is -2.28. The van der Waals surface area contributed by atoms with E-state index in [1.54, 1.807) is 0 Å². The van der Waals surface area contributed by atoms with E-state index in [1.165, 1.54) is 38.9 Å². The van der Waals surface area contributed by atoms with Gasteiger partial charge >= 0.3 is 0 Å². The van der Waals surface area contributed by atoms with Crippen LogP contribution in [0.15, 0.2) is 277 Å². The van der Waals surface area contributed by atoms with E-state index in [1.807, 2.05) is 24.3 Å². The summed E-state index contributed by atoms with van der Waals surface area (Å²) >= 11 is 0. The summed E-state index contributed by atoms with van der Waals surface area (Å²) in [4.78, 5) is 15.8. The Balaban J connectivity index is 0.868. The highest BCUT2D eigenvalue weighted by Crippen LogP contribution is 2.56. The first kappa shape index (κ1) is 43.1. The molecule has 0 N–H and O–H groups in total. The Morgan fingerprint density at radius 2 is 0.676 bits per heavy atom. The van der Waals surface area contributed by atoms with E-state index in [0.717, 1.165) is 77.6 Å². The predicted octanol–water partition coefficient (Wildman–Crippen LogP) is 17.8. The van der Waals surface area contributed by atoms with Crippen LogP contribution in [0.3, 0.4) is 0 Å². The number of hydrogen-bond acceptors (Lipinski definition) is 4. The molecule has 4 nitrogen and oxygen atoms in total. The van der Waals surface area contributed by atoms with Crippen molar-refractivity contribution in [2.45, 2.75) is 5.41 Å². The van der Waals surface area contributed by atoms with Crippen molar-refractivity contribution in [3.8, 4) is 89.8 Å². The zero-order valence-corrected chi connectivity index (χ0v) is 40.2. The highest BCUT2D eigenvalue weighted by molar-refractivity contribution is 6.13. The third-order valence-corrected chi connectivity index (χ3v) is 14.8. The Labute approximate surface area is 429 Å². The number of hydrogen-bond donors (Lipinski definition) is 0. The second kappa shape index (κ2) is 17.8. The summed E-state index contributed by atoms with van der Waals surface area (Å²) in [5.74, 6) is 1.76. The number of benzene rings is 11. The van der Waals surface area contributed by atoms with E-state index in [4.69, 9.17) is 19.4 Å². The summed E-state index contributed by atoms with van der Waals surface area (Å²) in [5, 5.41) is 1.95. The van der Waals surface area contributed by atoms with Gasteiger partial charge in [-0.25, -0.2) is 15.0 Å². The minimum atomic E-state index is -0.461. The van der Waals surface area contributed by atoms with Gasteiger partial charge in [0.05, 0.1) is 5.41 Å². The highest BCUT2D eigenvalue weighted by Gasteiger charge is 2.46. The average Bonchev–Trinajstić information content (AvgIpc) is 4.01. The fourth-order valence-electron chi connectivity index (χ4n) is 11.4. The second-order valence-corrected chi connectivity index (χ2v) is 19.1. The zero-order valence-electron chi connectivity index (χ0n) is 40.2. The molecule has 346 valence electrons. The van der Waals surface area contributed by atoms with Crippen molar-refractivity contribution in [3.63, 3.8) is 0 Å². The molecular weight excluding hydrogens is 899 g/mol. The molecule has 1 aliphatic rings. The maximum Gasteiger partial charge on any atom is 0.164 e. The number of aromatic nitrogens is 3. The number of rotatable bonds is 9. The fourth-order valence-corrected chi connectivity index (χ4v) is 11.4. The van der Waals surface area contributed by atoms with E-state index in [0.29, 0.717) is 17.5 Å². The van der Waals surface area contributed by atoms with Crippen LogP contribution in [0.1, 0.15) is 22.3 Å². The van der Waals surface area contributed by atoms with Gasteiger partial charge in [0, 0.05) is 27.5 Å². The van der Waals surface area contributed by atoms with Gasteiger partial charge in [0.25, 0.3) is 0 Å². The van der Waals surface area contributed by atoms with Crippen molar-refractivity contribution in [2.75, 3.05) is 0 Å². The molecule has 0 aliphatic heterocycles. The van der Waals surface area contributed by atoms with Gasteiger partial charge in [-0.1, -0.05) is 237 Å². The smallest absolute Gasteiger partial charge is 0.164 e. The standard InChI is InChI=1S/C70H45N3O/c1-5-18-46(19-6-1)50-22-15-24-54(42-50)67-71-68(55-25-16-23-51(43-55)47-20-7-2-8-21-47)73-69(72-67)60-31-17-33-65-66(60)61-44-52(39-41-64(61)74-65)48-34-36-49(37-35-48)53-38-40-59-58-30-13-14-32-62(58)70(63(59)45-53,56-26-9-3-10-27-56)57-28-11-4-12-29-57/h1-45H. The lowest BCUT2D eigenvalue weighted by molar-refractivity contribution is 0.669. The Hall–Kier alpha value is -9.77. The van der Waals surface area contributed by atoms with Gasteiger partial charge in [0.2, 0.25) is 0 Å². The van der Waals surface area contributed by atoms with Crippen molar-refractivity contribution >= 4 is 21.9 Å². The van der Waals surface area contributed by atoms with Crippen LogP contribution in [-0.4, -0.2) is 15.0 Å². The van der Waals surface area contributed by atoms with Crippen LogP contribution in [0, 0.1) is 0 Å². The van der Waals surface area contributed by atoms with Crippen LogP contribution in [-0.2, 0) is 5.41 Å². The molecule has 0 unspecified atom stereocenters. The molecule has 13 aromatic rings. The quantitative estimate of drug-likeness (QED) is 0.145. The van der Waals surface area contributed by atoms with Crippen LogP contribution in [0.25, 0.3) is 112 Å². The molecule has 11 aromatic carbocycles. The van der Waals surface area contributed by atoms with Gasteiger partial charge in [-0.3, -0.25) is 0 Å². The molecule has 1 aliphatic carbocycles. The summed E-state index contributed by atoms with van der Waals surface area (Å²) in [6.07, 6.45) is 0. The molecule has 0 spiro atoms. The Bertz CT molecular complexity index is 4080. The fraction of sp³-hybridized carbons (Fsp3) is 0.0143. The van der Waals surface area contributed by atoms with Gasteiger partial charge in [-0.2, -0.15) is 0 Å². The monoisotopic (exact) mass is 943 g/mol. The molecule has 0 amide bonds. The van der Waals surface area contributed by atoms with Crippen LogP contribution in [0.4, 0.5) is 0 Å². The van der Waals surface area contributed by atoms with Crippen molar-refractivity contribution in [1.29, 1.82) is 0 Å². The van der Waals surface area contributed by atoms with Crippen molar-refractivity contribution in [1.82, 2.24) is 15.0 Å². The average molecular weight is 944 g/mol. The summed E-state index contributed by atoms with van der Waals surface area (Å²) in [6, 6.07) is 97.2. The Kier molecular flexibility index (Phi) is 10.4. The Morgan fingerprint density at radius 1 is 0.257 bits per heavy atom. The van der Waals surface area contributed by atoms with Gasteiger partial charge < -0.3 is 4.42 Å². The SMILES string of the molecule is c1ccc(-c2cccc(-c3nc(-c4cccc(-c5ccccc5)c4)nc(-c4cccc5oc6ccc(-c7ccc(-c8ccc9c(c8)C(c8ccccc8)(c8ccccc8)c8ccccc8-9)cc7)cc6c45)n3)c2)cc1. The van der Waals surface area contributed by atoms with E-state index >= 15 is 0 Å². The minimum absolute atomic E-state index is 0.461. The molecular formula is C70H45N3O. The summed E-state index contributed by atoms with van der Waals surface area (Å²) in [5.41, 5.74) is 20.4. The molecule has 2 aromatic heterocycles. The number of nitrogens with zero attached hydrogens (tertiary/aromatic N) is 3. The highest BCUT2D eigenvalue weighted by atomic mass is 16.3. The third-order valence-electron chi connectivity index (χ3n) is 14.8. The number of fused-ring (bicyclic) bond motifs is 6. The van der Waals surface area contributed by atoms with Gasteiger partial charge in [0.15, 0.2) is 17.5 Å². The number of furan rings is 1. The van der Waals surface area contributed by atoms with Crippen molar-refractivity contribution in [3.05, 3.63) is 295 Å². The predicted molar refractivity (Wildman–Crippen MR) is 302 cm³/mol. The molecule has 2 heterocycles. The summed E-state index contributed by atoms with van der Waals surface area (Å²) in [6.45, 7) is 0. The molecule has 14 rings (SSSR count). The Morgan fingerprint density at radius 3 is 1.28 bits per heavy atom. The van der Waals surface area contributed by atoms with E-state index in [2.05, 4.69) is 249 Å². The van der Waals surface area contributed by atoms with Crippen LogP contribution in [0.5, 0.6) is 0 Å². The molecule has 0 fully saturated rings. The van der Waals surface area contributed by atoms with Crippen LogP contribution in [0.2, 0.25) is 0 Å². The van der Waals surface area contributed by atoms with Gasteiger partial charge in [-0.05, 0) is 114 Å². The summed E-state index contributed by atoms with van der Waals surface area (Å²) in [7, 11) is 0. The minimum Gasteiger partial charge on any atom is -0.456 e. The first-order valence-electron chi connectivity index (χ1n) is 25.2. The lowest BCUT2D eigenvalue weighted by Gasteiger charge is -2.34. The molecule has 0 radical (unpaired) electrons. The molecule has 4 heteroatoms. The zero-order chi connectivity index (χ0) is 49.0. The largest absolute Gasteiger partial charge is 0.456 e. The second-order valence-electron chi connectivity index (χ2n) is 19.1. The molecule has 0 atom stereocenters. The summed E-state index contributed by atoms with van der Waals surface area (Å²) < 4.78 is 6.61. The molecule has 0 saturated carbocycles. The molecule has 0 saturated heterocycles. The van der Waals surface area contributed by atoms with E-state index in [-0.39, 0.29) is 0 Å². The van der Waals surface area contributed by atoms with Gasteiger partial charge in [-0.15, -0.1) is 0 Å². The van der Waals surface area contributed by atoms with E-state index < -0.39 is 5.41 Å². The first-order valence-corrected chi connectivity index (χ1v) is 25.2. The van der Waals surface area contributed by atoms with Gasteiger partial charge in [0.1, 0.15) is 11.2 Å². The lowest BCUT2D eigenvalue weighted by atomic mass is 9.67. The van der Waals surface area contributed by atoms with E-state index in [9.17, 15) is 0 Å². The normalized spacial score (nSPS) is 12.4.